The summed E-state index contributed by atoms with van der Waals surface area (Å²) in [5, 5.41) is 8.88. The van der Waals surface area contributed by atoms with Crippen LogP contribution < -0.4 is 0 Å². The van der Waals surface area contributed by atoms with E-state index in [1.807, 2.05) is 0 Å². The lowest BCUT2D eigenvalue weighted by molar-refractivity contribution is -0.115. The molecule has 19 heavy (non-hydrogen) atoms. The first-order valence-electron chi connectivity index (χ1n) is 7.38. The third-order valence-electron chi connectivity index (χ3n) is 3.88. The topological polar surface area (TPSA) is 47.9 Å². The number of rotatable bonds is 12. The van der Waals surface area contributed by atoms with Crippen molar-refractivity contribution >= 4 is 0 Å². The molecule has 4 nitrogen and oxygen atoms in total. The lowest BCUT2D eigenvalue weighted by Crippen LogP contribution is -2.36. The molecule has 116 valence electrons. The number of ether oxygens (including phenoxy) is 3. The number of hydrogen-bond acceptors (Lipinski definition) is 4. The monoisotopic (exact) mass is 276 g/mol. The van der Waals surface area contributed by atoms with Crippen molar-refractivity contribution in [2.75, 3.05) is 33.5 Å². The van der Waals surface area contributed by atoms with E-state index in [1.54, 1.807) is 7.11 Å². The minimum absolute atomic E-state index is 0.0468. The van der Waals surface area contributed by atoms with Crippen molar-refractivity contribution in [3.8, 4) is 0 Å². The standard InChI is InChI=1S/C15H32O4/c1-6-13(3)14(18-11-9-16)12-19-15(4,7-2)8-10-17-5/h13-14,16H,6-12H2,1-5H3. The van der Waals surface area contributed by atoms with Gasteiger partial charge in [-0.15, -0.1) is 0 Å². The fourth-order valence-corrected chi connectivity index (χ4v) is 1.80. The van der Waals surface area contributed by atoms with Crippen LogP contribution >= 0.6 is 0 Å². The average molecular weight is 276 g/mol. The largest absolute Gasteiger partial charge is 0.394 e. The van der Waals surface area contributed by atoms with Gasteiger partial charge >= 0.3 is 0 Å². The first-order chi connectivity index (χ1) is 9.02. The molecule has 0 radical (unpaired) electrons. The Hall–Kier alpha value is -0.160. The van der Waals surface area contributed by atoms with E-state index in [4.69, 9.17) is 19.3 Å². The van der Waals surface area contributed by atoms with Gasteiger partial charge in [0.15, 0.2) is 0 Å². The van der Waals surface area contributed by atoms with Crippen LogP contribution in [0.15, 0.2) is 0 Å². The van der Waals surface area contributed by atoms with Crippen LogP contribution in [0, 0.1) is 5.92 Å². The Balaban J connectivity index is 4.32. The fraction of sp³-hybridized carbons (Fsp3) is 1.00. The molecular formula is C15H32O4. The molecule has 0 fully saturated rings. The second-order valence-electron chi connectivity index (χ2n) is 5.38. The van der Waals surface area contributed by atoms with Crippen molar-refractivity contribution in [2.24, 2.45) is 5.92 Å². The van der Waals surface area contributed by atoms with Crippen molar-refractivity contribution in [3.05, 3.63) is 0 Å². The summed E-state index contributed by atoms with van der Waals surface area (Å²) in [5.74, 6) is 0.426. The van der Waals surface area contributed by atoms with Gasteiger partial charge in [0.05, 0.1) is 31.5 Å². The van der Waals surface area contributed by atoms with Crippen molar-refractivity contribution in [1.82, 2.24) is 0 Å². The lowest BCUT2D eigenvalue weighted by Gasteiger charge is -2.32. The fourth-order valence-electron chi connectivity index (χ4n) is 1.80. The van der Waals surface area contributed by atoms with E-state index in [0.717, 1.165) is 19.3 Å². The second kappa shape index (κ2) is 10.6. The van der Waals surface area contributed by atoms with Gasteiger partial charge in [-0.1, -0.05) is 27.2 Å². The highest BCUT2D eigenvalue weighted by molar-refractivity contribution is 4.75. The molecule has 0 heterocycles. The zero-order valence-corrected chi connectivity index (χ0v) is 13.3. The molecular weight excluding hydrogens is 244 g/mol. The summed E-state index contributed by atoms with van der Waals surface area (Å²) in [5.41, 5.74) is -0.162. The molecule has 0 bridgehead atoms. The Kier molecular flexibility index (Phi) is 10.5. The van der Waals surface area contributed by atoms with E-state index in [9.17, 15) is 0 Å². The van der Waals surface area contributed by atoms with E-state index in [-0.39, 0.29) is 18.3 Å². The van der Waals surface area contributed by atoms with Crippen molar-refractivity contribution < 1.29 is 19.3 Å². The van der Waals surface area contributed by atoms with Gasteiger partial charge in [-0.05, 0) is 25.7 Å². The maximum atomic E-state index is 8.88. The number of methoxy groups -OCH3 is 1. The van der Waals surface area contributed by atoms with E-state index in [0.29, 0.717) is 25.7 Å². The Bertz CT molecular complexity index is 210. The van der Waals surface area contributed by atoms with E-state index >= 15 is 0 Å². The second-order valence-corrected chi connectivity index (χ2v) is 5.38. The summed E-state index contributed by atoms with van der Waals surface area (Å²) in [4.78, 5) is 0. The molecule has 0 rings (SSSR count). The molecule has 0 aromatic rings. The third kappa shape index (κ3) is 7.88. The third-order valence-corrected chi connectivity index (χ3v) is 3.88. The Morgan fingerprint density at radius 3 is 2.37 bits per heavy atom. The summed E-state index contributed by atoms with van der Waals surface area (Å²) < 4.78 is 16.9. The molecule has 0 aromatic carbocycles. The zero-order valence-electron chi connectivity index (χ0n) is 13.3. The zero-order chi connectivity index (χ0) is 14.7. The van der Waals surface area contributed by atoms with Gasteiger partial charge in [0.1, 0.15) is 0 Å². The molecule has 3 atom stereocenters. The molecule has 0 amide bonds. The van der Waals surface area contributed by atoms with Crippen LogP contribution in [-0.2, 0) is 14.2 Å². The molecule has 3 unspecified atom stereocenters. The quantitative estimate of drug-likeness (QED) is 0.595. The SMILES string of the molecule is CCC(C)C(COC(C)(CC)CCOC)OCCO. The van der Waals surface area contributed by atoms with Crippen LogP contribution in [-0.4, -0.2) is 50.3 Å². The Morgan fingerprint density at radius 2 is 1.89 bits per heavy atom. The molecule has 1 N–H and O–H groups in total. The number of aliphatic hydroxyl groups is 1. The van der Waals surface area contributed by atoms with Gasteiger partial charge in [0.2, 0.25) is 0 Å². The van der Waals surface area contributed by atoms with Gasteiger partial charge in [0.25, 0.3) is 0 Å². The molecule has 0 aromatic heterocycles. The van der Waals surface area contributed by atoms with Crippen molar-refractivity contribution in [1.29, 1.82) is 0 Å². The van der Waals surface area contributed by atoms with Gasteiger partial charge in [0, 0.05) is 13.7 Å². The number of aliphatic hydroxyl groups excluding tert-OH is 1. The summed E-state index contributed by atoms with van der Waals surface area (Å²) in [7, 11) is 1.71. The average Bonchev–Trinajstić information content (AvgIpc) is 2.44. The minimum atomic E-state index is -0.162. The Labute approximate surface area is 118 Å². The Morgan fingerprint density at radius 1 is 1.21 bits per heavy atom. The predicted octanol–water partition coefficient (Wildman–Crippen LogP) is 2.63. The van der Waals surface area contributed by atoms with Crippen LogP contribution in [0.1, 0.15) is 47.0 Å². The maximum Gasteiger partial charge on any atom is 0.0835 e. The van der Waals surface area contributed by atoms with E-state index < -0.39 is 0 Å². The molecule has 0 saturated heterocycles. The highest BCUT2D eigenvalue weighted by atomic mass is 16.5. The van der Waals surface area contributed by atoms with Gasteiger partial charge in [-0.3, -0.25) is 0 Å². The smallest absolute Gasteiger partial charge is 0.0835 e. The molecule has 0 spiro atoms. The van der Waals surface area contributed by atoms with Crippen LogP contribution in [0.2, 0.25) is 0 Å². The van der Waals surface area contributed by atoms with E-state index in [2.05, 4.69) is 27.7 Å². The van der Waals surface area contributed by atoms with Gasteiger partial charge in [-0.25, -0.2) is 0 Å². The van der Waals surface area contributed by atoms with Crippen LogP contribution in [0.5, 0.6) is 0 Å². The predicted molar refractivity (Wildman–Crippen MR) is 77.4 cm³/mol. The van der Waals surface area contributed by atoms with Crippen LogP contribution in [0.3, 0.4) is 0 Å². The summed E-state index contributed by atoms with van der Waals surface area (Å²) >= 11 is 0. The highest BCUT2D eigenvalue weighted by Gasteiger charge is 2.26. The van der Waals surface area contributed by atoms with Crippen molar-refractivity contribution in [3.63, 3.8) is 0 Å². The normalized spacial score (nSPS) is 18.0. The molecule has 0 saturated carbocycles. The highest BCUT2D eigenvalue weighted by Crippen LogP contribution is 2.22. The first-order valence-corrected chi connectivity index (χ1v) is 7.38. The summed E-state index contributed by atoms with van der Waals surface area (Å²) in [6, 6.07) is 0. The van der Waals surface area contributed by atoms with Crippen molar-refractivity contribution in [2.45, 2.75) is 58.7 Å². The molecule has 0 aliphatic heterocycles. The van der Waals surface area contributed by atoms with Gasteiger partial charge < -0.3 is 19.3 Å². The first kappa shape index (κ1) is 18.8. The number of hydrogen-bond donors (Lipinski definition) is 1. The van der Waals surface area contributed by atoms with E-state index in [1.165, 1.54) is 0 Å². The summed E-state index contributed by atoms with van der Waals surface area (Å²) in [6.45, 7) is 10.3. The molecule has 0 aliphatic rings. The van der Waals surface area contributed by atoms with Crippen LogP contribution in [0.25, 0.3) is 0 Å². The van der Waals surface area contributed by atoms with Gasteiger partial charge in [-0.2, -0.15) is 0 Å². The summed E-state index contributed by atoms with van der Waals surface area (Å²) in [6.07, 6.45) is 2.92. The maximum absolute atomic E-state index is 8.88. The molecule has 0 aliphatic carbocycles. The molecule has 4 heteroatoms. The lowest BCUT2D eigenvalue weighted by atomic mass is 9.98. The minimum Gasteiger partial charge on any atom is -0.394 e. The van der Waals surface area contributed by atoms with Crippen LogP contribution in [0.4, 0.5) is 0 Å².